The van der Waals surface area contributed by atoms with E-state index in [4.69, 9.17) is 17.3 Å². The third-order valence-electron chi connectivity index (χ3n) is 3.37. The van der Waals surface area contributed by atoms with Crippen molar-refractivity contribution in [3.8, 4) is 0 Å². The molecule has 0 unspecified atom stereocenters. The lowest BCUT2D eigenvalue weighted by Crippen LogP contribution is -2.24. The Labute approximate surface area is 123 Å². The monoisotopic (exact) mass is 288 g/mol. The summed E-state index contributed by atoms with van der Waals surface area (Å²) in [6.45, 7) is 4.28. The van der Waals surface area contributed by atoms with Crippen LogP contribution in [0.1, 0.15) is 27.0 Å². The van der Waals surface area contributed by atoms with E-state index in [9.17, 15) is 4.79 Å². The van der Waals surface area contributed by atoms with Crippen LogP contribution in [0.5, 0.6) is 0 Å². The molecule has 0 fully saturated rings. The fourth-order valence-corrected chi connectivity index (χ4v) is 2.18. The summed E-state index contributed by atoms with van der Waals surface area (Å²) >= 11 is 5.93. The van der Waals surface area contributed by atoms with Crippen molar-refractivity contribution in [2.24, 2.45) is 0 Å². The minimum absolute atomic E-state index is 0.133. The summed E-state index contributed by atoms with van der Waals surface area (Å²) < 4.78 is 0. The number of hydrogen-bond donors (Lipinski definition) is 2. The average Bonchev–Trinajstić information content (AvgIpc) is 2.43. The third kappa shape index (κ3) is 3.11. The van der Waals surface area contributed by atoms with Gasteiger partial charge in [0.1, 0.15) is 0 Å². The normalized spacial score (nSPS) is 10.3. The van der Waals surface area contributed by atoms with Crippen LogP contribution in [0.3, 0.4) is 0 Å². The van der Waals surface area contributed by atoms with Crippen molar-refractivity contribution in [1.29, 1.82) is 0 Å². The molecule has 0 saturated carbocycles. The van der Waals surface area contributed by atoms with E-state index in [0.717, 1.165) is 22.4 Å². The Morgan fingerprint density at radius 3 is 2.75 bits per heavy atom. The topological polar surface area (TPSA) is 55.1 Å². The van der Waals surface area contributed by atoms with Gasteiger partial charge in [-0.2, -0.15) is 0 Å². The smallest absolute Gasteiger partial charge is 0.251 e. The molecule has 3 N–H and O–H groups in total. The van der Waals surface area contributed by atoms with Gasteiger partial charge in [-0.15, -0.1) is 0 Å². The largest absolute Gasteiger partial charge is 0.399 e. The second kappa shape index (κ2) is 5.97. The number of rotatable bonds is 3. The van der Waals surface area contributed by atoms with Gasteiger partial charge < -0.3 is 11.1 Å². The highest BCUT2D eigenvalue weighted by molar-refractivity contribution is 6.31. The SMILES string of the molecule is Cc1ccc(Cl)cc1C(=O)NCc1cccc(N)c1C. The van der Waals surface area contributed by atoms with Crippen molar-refractivity contribution < 1.29 is 4.79 Å². The number of amides is 1. The summed E-state index contributed by atoms with van der Waals surface area (Å²) in [5.74, 6) is -0.133. The second-order valence-corrected chi connectivity index (χ2v) is 5.21. The lowest BCUT2D eigenvalue weighted by Gasteiger charge is -2.11. The fourth-order valence-electron chi connectivity index (χ4n) is 2.00. The number of carbonyl (C=O) groups is 1. The minimum Gasteiger partial charge on any atom is -0.399 e. The van der Waals surface area contributed by atoms with Gasteiger partial charge >= 0.3 is 0 Å². The summed E-state index contributed by atoms with van der Waals surface area (Å²) in [6.07, 6.45) is 0. The lowest BCUT2D eigenvalue weighted by molar-refractivity contribution is 0.0950. The molecule has 0 aliphatic carbocycles. The van der Waals surface area contributed by atoms with Gasteiger partial charge in [-0.25, -0.2) is 0 Å². The maximum atomic E-state index is 12.2. The van der Waals surface area contributed by atoms with Crippen LogP contribution in [0.25, 0.3) is 0 Å². The Bertz CT molecular complexity index is 653. The van der Waals surface area contributed by atoms with Crippen LogP contribution < -0.4 is 11.1 Å². The van der Waals surface area contributed by atoms with Crippen molar-refractivity contribution in [3.63, 3.8) is 0 Å². The Balaban J connectivity index is 2.13. The molecule has 104 valence electrons. The number of hydrogen-bond acceptors (Lipinski definition) is 2. The number of anilines is 1. The standard InChI is InChI=1S/C16H17ClN2O/c1-10-6-7-13(17)8-14(10)16(20)19-9-12-4-3-5-15(18)11(12)2/h3-8H,9,18H2,1-2H3,(H,19,20). The number of halogens is 1. The Hall–Kier alpha value is -2.00. The van der Waals surface area contributed by atoms with Crippen LogP contribution >= 0.6 is 11.6 Å². The first-order chi connectivity index (χ1) is 9.49. The van der Waals surface area contributed by atoms with Gasteiger partial charge in [0.25, 0.3) is 5.91 Å². The molecule has 0 heterocycles. The first-order valence-electron chi connectivity index (χ1n) is 6.37. The molecular formula is C16H17ClN2O. The summed E-state index contributed by atoms with van der Waals surface area (Å²) in [5, 5.41) is 3.45. The molecule has 2 rings (SSSR count). The predicted octanol–water partition coefficient (Wildman–Crippen LogP) is 3.47. The summed E-state index contributed by atoms with van der Waals surface area (Å²) in [7, 11) is 0. The summed E-state index contributed by atoms with van der Waals surface area (Å²) in [5.41, 5.74) is 10.1. The molecule has 0 aromatic heterocycles. The van der Waals surface area contributed by atoms with Gasteiger partial charge in [-0.05, 0) is 48.7 Å². The van der Waals surface area contributed by atoms with Crippen LogP contribution in [0, 0.1) is 13.8 Å². The molecule has 0 aliphatic rings. The molecule has 2 aromatic carbocycles. The van der Waals surface area contributed by atoms with E-state index in [1.807, 2.05) is 38.1 Å². The highest BCUT2D eigenvalue weighted by atomic mass is 35.5. The van der Waals surface area contributed by atoms with Gasteiger partial charge in [0, 0.05) is 22.8 Å². The molecule has 0 saturated heterocycles. The van der Waals surface area contributed by atoms with Gasteiger partial charge in [0.15, 0.2) is 0 Å². The van der Waals surface area contributed by atoms with E-state index < -0.39 is 0 Å². The Morgan fingerprint density at radius 1 is 1.25 bits per heavy atom. The zero-order chi connectivity index (χ0) is 14.7. The highest BCUT2D eigenvalue weighted by Crippen LogP contribution is 2.17. The van der Waals surface area contributed by atoms with Crippen molar-refractivity contribution in [2.75, 3.05) is 5.73 Å². The molecule has 4 heteroatoms. The molecule has 0 atom stereocenters. The fraction of sp³-hybridized carbons (Fsp3) is 0.188. The van der Waals surface area contributed by atoms with Crippen molar-refractivity contribution in [1.82, 2.24) is 5.32 Å². The van der Waals surface area contributed by atoms with Crippen LogP contribution in [0.15, 0.2) is 36.4 Å². The van der Waals surface area contributed by atoms with E-state index in [-0.39, 0.29) is 5.91 Å². The highest BCUT2D eigenvalue weighted by Gasteiger charge is 2.10. The third-order valence-corrected chi connectivity index (χ3v) is 3.61. The van der Waals surface area contributed by atoms with Crippen molar-refractivity contribution >= 4 is 23.2 Å². The maximum Gasteiger partial charge on any atom is 0.251 e. The second-order valence-electron chi connectivity index (χ2n) is 4.77. The zero-order valence-electron chi connectivity index (χ0n) is 11.5. The maximum absolute atomic E-state index is 12.2. The van der Waals surface area contributed by atoms with E-state index >= 15 is 0 Å². The van der Waals surface area contributed by atoms with Gasteiger partial charge in [-0.3, -0.25) is 4.79 Å². The zero-order valence-corrected chi connectivity index (χ0v) is 12.3. The van der Waals surface area contributed by atoms with Crippen molar-refractivity contribution in [3.05, 3.63) is 63.7 Å². The number of nitrogen functional groups attached to an aromatic ring is 1. The van der Waals surface area contributed by atoms with Gasteiger partial charge in [0.2, 0.25) is 0 Å². The molecular weight excluding hydrogens is 272 g/mol. The van der Waals surface area contributed by atoms with E-state index in [0.29, 0.717) is 17.1 Å². The van der Waals surface area contributed by atoms with Crippen LogP contribution in [-0.2, 0) is 6.54 Å². The van der Waals surface area contributed by atoms with Crippen molar-refractivity contribution in [2.45, 2.75) is 20.4 Å². The molecule has 0 radical (unpaired) electrons. The number of nitrogens with one attached hydrogen (secondary N) is 1. The quantitative estimate of drug-likeness (QED) is 0.850. The number of benzene rings is 2. The average molecular weight is 289 g/mol. The van der Waals surface area contributed by atoms with Crippen LogP contribution in [0.4, 0.5) is 5.69 Å². The molecule has 0 aliphatic heterocycles. The van der Waals surface area contributed by atoms with E-state index in [1.165, 1.54) is 0 Å². The summed E-state index contributed by atoms with van der Waals surface area (Å²) in [4.78, 5) is 12.2. The Morgan fingerprint density at radius 2 is 2.00 bits per heavy atom. The van der Waals surface area contributed by atoms with Gasteiger partial charge in [-0.1, -0.05) is 29.8 Å². The first-order valence-corrected chi connectivity index (χ1v) is 6.75. The molecule has 0 spiro atoms. The summed E-state index contributed by atoms with van der Waals surface area (Å²) in [6, 6.07) is 11.0. The van der Waals surface area contributed by atoms with E-state index in [1.54, 1.807) is 12.1 Å². The first kappa shape index (κ1) is 14.4. The van der Waals surface area contributed by atoms with E-state index in [2.05, 4.69) is 5.32 Å². The lowest BCUT2D eigenvalue weighted by atomic mass is 10.1. The number of carbonyl (C=O) groups excluding carboxylic acids is 1. The predicted molar refractivity (Wildman–Crippen MR) is 83.0 cm³/mol. The number of nitrogens with two attached hydrogens (primary N) is 1. The molecule has 0 bridgehead atoms. The molecule has 3 nitrogen and oxygen atoms in total. The molecule has 2 aromatic rings. The van der Waals surface area contributed by atoms with Crippen LogP contribution in [-0.4, -0.2) is 5.91 Å². The van der Waals surface area contributed by atoms with Crippen LogP contribution in [0.2, 0.25) is 5.02 Å². The number of aryl methyl sites for hydroxylation is 1. The Kier molecular flexibility index (Phi) is 4.30. The molecule has 1 amide bonds. The minimum atomic E-state index is -0.133. The van der Waals surface area contributed by atoms with Gasteiger partial charge in [0.05, 0.1) is 0 Å². The molecule has 20 heavy (non-hydrogen) atoms.